The number of benzene rings is 2. The first kappa shape index (κ1) is 13.8. The van der Waals surface area contributed by atoms with E-state index in [1.165, 1.54) is 0 Å². The molecule has 0 spiro atoms. The molecule has 0 aliphatic heterocycles. The fourth-order valence-electron chi connectivity index (χ4n) is 2.67. The third kappa shape index (κ3) is 2.34. The van der Waals surface area contributed by atoms with Gasteiger partial charge in [0.15, 0.2) is 5.78 Å². The molecule has 21 heavy (non-hydrogen) atoms. The van der Waals surface area contributed by atoms with Gasteiger partial charge in [-0.15, -0.1) is 11.3 Å². The van der Waals surface area contributed by atoms with Crippen molar-refractivity contribution in [2.24, 2.45) is 0 Å². The summed E-state index contributed by atoms with van der Waals surface area (Å²) in [5, 5.41) is 2.95. The van der Waals surface area contributed by atoms with Gasteiger partial charge in [0.2, 0.25) is 0 Å². The Morgan fingerprint density at radius 2 is 1.90 bits per heavy atom. The largest absolute Gasteiger partial charge is 0.496 e. The standard InChI is InChI=1S/C18H16O2S/c1-11-8-12(2)17(15(9-11)20-3)18(19)14-10-21-16-7-5-4-6-13(14)16/h4-10H,1-3H3. The molecule has 0 amide bonds. The minimum Gasteiger partial charge on any atom is -0.496 e. The summed E-state index contributed by atoms with van der Waals surface area (Å²) >= 11 is 1.60. The van der Waals surface area contributed by atoms with Crippen LogP contribution >= 0.6 is 11.3 Å². The topological polar surface area (TPSA) is 26.3 Å². The summed E-state index contributed by atoms with van der Waals surface area (Å²) in [4.78, 5) is 13.0. The first-order chi connectivity index (χ1) is 10.1. The number of hydrogen-bond acceptors (Lipinski definition) is 3. The Bertz CT molecular complexity index is 830. The van der Waals surface area contributed by atoms with Crippen LogP contribution < -0.4 is 4.74 Å². The van der Waals surface area contributed by atoms with Crippen LogP contribution in [0, 0.1) is 13.8 Å². The molecule has 1 aromatic heterocycles. The molecule has 2 nitrogen and oxygen atoms in total. The fourth-order valence-corrected chi connectivity index (χ4v) is 3.61. The van der Waals surface area contributed by atoms with Gasteiger partial charge in [0.05, 0.1) is 12.7 Å². The SMILES string of the molecule is COc1cc(C)cc(C)c1C(=O)c1csc2ccccc12. The average molecular weight is 296 g/mol. The van der Waals surface area contributed by atoms with E-state index in [2.05, 4.69) is 0 Å². The van der Waals surface area contributed by atoms with Gasteiger partial charge in [0.25, 0.3) is 0 Å². The van der Waals surface area contributed by atoms with Crippen LogP contribution in [0.2, 0.25) is 0 Å². The van der Waals surface area contributed by atoms with Crippen LogP contribution in [-0.2, 0) is 0 Å². The third-order valence-electron chi connectivity index (χ3n) is 3.62. The number of carbonyl (C=O) groups excluding carboxylic acids is 1. The molecule has 0 N–H and O–H groups in total. The lowest BCUT2D eigenvalue weighted by Crippen LogP contribution is -2.06. The number of fused-ring (bicyclic) bond motifs is 1. The van der Waals surface area contributed by atoms with E-state index in [-0.39, 0.29) is 5.78 Å². The number of thiophene rings is 1. The fraction of sp³-hybridized carbons (Fsp3) is 0.167. The highest BCUT2D eigenvalue weighted by molar-refractivity contribution is 7.17. The van der Waals surface area contributed by atoms with Crippen molar-refractivity contribution in [2.75, 3.05) is 7.11 Å². The van der Waals surface area contributed by atoms with Crippen LogP contribution in [0.1, 0.15) is 27.0 Å². The number of hydrogen-bond donors (Lipinski definition) is 0. The van der Waals surface area contributed by atoms with E-state index in [0.29, 0.717) is 11.3 Å². The van der Waals surface area contributed by atoms with E-state index < -0.39 is 0 Å². The van der Waals surface area contributed by atoms with Crippen LogP contribution in [0.3, 0.4) is 0 Å². The quantitative estimate of drug-likeness (QED) is 0.651. The highest BCUT2D eigenvalue weighted by Gasteiger charge is 2.20. The molecule has 0 unspecified atom stereocenters. The zero-order chi connectivity index (χ0) is 15.0. The van der Waals surface area contributed by atoms with Crippen molar-refractivity contribution >= 4 is 27.2 Å². The molecule has 0 aliphatic rings. The first-order valence-corrected chi connectivity index (χ1v) is 7.66. The van der Waals surface area contributed by atoms with Crippen LogP contribution in [0.25, 0.3) is 10.1 Å². The van der Waals surface area contributed by atoms with Crippen molar-refractivity contribution in [3.8, 4) is 5.75 Å². The lowest BCUT2D eigenvalue weighted by Gasteiger charge is -2.11. The van der Waals surface area contributed by atoms with E-state index in [4.69, 9.17) is 4.74 Å². The van der Waals surface area contributed by atoms with Crippen molar-refractivity contribution in [1.29, 1.82) is 0 Å². The predicted molar refractivity (Wildman–Crippen MR) is 87.7 cm³/mol. The first-order valence-electron chi connectivity index (χ1n) is 6.78. The molecule has 106 valence electrons. The molecular weight excluding hydrogens is 280 g/mol. The van der Waals surface area contributed by atoms with Gasteiger partial charge in [-0.05, 0) is 37.1 Å². The van der Waals surface area contributed by atoms with Gasteiger partial charge in [-0.25, -0.2) is 0 Å². The average Bonchev–Trinajstić information content (AvgIpc) is 2.89. The molecule has 0 saturated heterocycles. The molecule has 3 heteroatoms. The van der Waals surface area contributed by atoms with Gasteiger partial charge in [-0.3, -0.25) is 4.79 Å². The van der Waals surface area contributed by atoms with Gasteiger partial charge < -0.3 is 4.74 Å². The molecule has 3 aromatic rings. The number of rotatable bonds is 3. The molecule has 0 atom stereocenters. The van der Waals surface area contributed by atoms with Crippen molar-refractivity contribution in [3.05, 3.63) is 64.0 Å². The highest BCUT2D eigenvalue weighted by atomic mass is 32.1. The molecule has 0 saturated carbocycles. The molecule has 3 rings (SSSR count). The number of methoxy groups -OCH3 is 1. The molecule has 1 heterocycles. The van der Waals surface area contributed by atoms with E-state index in [1.807, 2.05) is 55.6 Å². The Morgan fingerprint density at radius 3 is 2.67 bits per heavy atom. The molecular formula is C18H16O2S. The smallest absolute Gasteiger partial charge is 0.198 e. The maximum atomic E-state index is 13.0. The van der Waals surface area contributed by atoms with E-state index in [1.54, 1.807) is 18.4 Å². The number of aryl methyl sites for hydroxylation is 2. The highest BCUT2D eigenvalue weighted by Crippen LogP contribution is 2.32. The van der Waals surface area contributed by atoms with Crippen molar-refractivity contribution in [3.63, 3.8) is 0 Å². The molecule has 0 bridgehead atoms. The maximum absolute atomic E-state index is 13.0. The van der Waals surface area contributed by atoms with Gasteiger partial charge in [-0.2, -0.15) is 0 Å². The lowest BCUT2D eigenvalue weighted by molar-refractivity contribution is 0.103. The summed E-state index contributed by atoms with van der Waals surface area (Å²) < 4.78 is 6.55. The summed E-state index contributed by atoms with van der Waals surface area (Å²) in [5.74, 6) is 0.676. The van der Waals surface area contributed by atoms with Gasteiger partial charge in [0, 0.05) is 21.0 Å². The Balaban J connectivity index is 2.19. The molecule has 0 fully saturated rings. The van der Waals surface area contributed by atoms with E-state index in [0.717, 1.165) is 26.8 Å². The molecule has 0 aliphatic carbocycles. The Hall–Kier alpha value is -2.13. The van der Waals surface area contributed by atoms with Crippen molar-refractivity contribution < 1.29 is 9.53 Å². The number of ether oxygens (including phenoxy) is 1. The summed E-state index contributed by atoms with van der Waals surface area (Å²) in [6.07, 6.45) is 0. The Labute approximate surface area is 128 Å². The van der Waals surface area contributed by atoms with Crippen LogP contribution in [-0.4, -0.2) is 12.9 Å². The van der Waals surface area contributed by atoms with Crippen LogP contribution in [0.5, 0.6) is 5.75 Å². The second-order valence-electron chi connectivity index (χ2n) is 5.13. The molecule has 2 aromatic carbocycles. The summed E-state index contributed by atoms with van der Waals surface area (Å²) in [5.41, 5.74) is 3.45. The monoisotopic (exact) mass is 296 g/mol. The maximum Gasteiger partial charge on any atom is 0.198 e. The summed E-state index contributed by atoms with van der Waals surface area (Å²) in [6.45, 7) is 3.96. The zero-order valence-corrected chi connectivity index (χ0v) is 13.1. The second-order valence-corrected chi connectivity index (χ2v) is 6.04. The number of ketones is 1. The molecule has 0 radical (unpaired) electrons. The van der Waals surface area contributed by atoms with Crippen molar-refractivity contribution in [1.82, 2.24) is 0 Å². The second kappa shape index (κ2) is 5.34. The van der Waals surface area contributed by atoms with Crippen molar-refractivity contribution in [2.45, 2.75) is 13.8 Å². The normalized spacial score (nSPS) is 10.8. The Kier molecular flexibility index (Phi) is 3.52. The van der Waals surface area contributed by atoms with Crippen LogP contribution in [0.15, 0.2) is 41.8 Å². The summed E-state index contributed by atoms with van der Waals surface area (Å²) in [6, 6.07) is 11.9. The Morgan fingerprint density at radius 1 is 1.14 bits per heavy atom. The zero-order valence-electron chi connectivity index (χ0n) is 12.3. The van der Waals surface area contributed by atoms with E-state index >= 15 is 0 Å². The lowest BCUT2D eigenvalue weighted by atomic mass is 9.96. The van der Waals surface area contributed by atoms with E-state index in [9.17, 15) is 4.79 Å². The minimum absolute atomic E-state index is 0.0294. The number of carbonyl (C=O) groups is 1. The summed E-state index contributed by atoms with van der Waals surface area (Å²) in [7, 11) is 1.61. The van der Waals surface area contributed by atoms with Crippen LogP contribution in [0.4, 0.5) is 0 Å². The van der Waals surface area contributed by atoms with Gasteiger partial charge in [0.1, 0.15) is 5.75 Å². The third-order valence-corrected chi connectivity index (χ3v) is 4.58. The van der Waals surface area contributed by atoms with Gasteiger partial charge in [-0.1, -0.05) is 24.3 Å². The minimum atomic E-state index is 0.0294. The predicted octanol–water partition coefficient (Wildman–Crippen LogP) is 4.76. The van der Waals surface area contributed by atoms with Gasteiger partial charge >= 0.3 is 0 Å².